The van der Waals surface area contributed by atoms with E-state index >= 15 is 0 Å². The molecular weight excluding hydrogens is 441 g/mol. The Labute approximate surface area is 203 Å². The zero-order valence-corrected chi connectivity index (χ0v) is 19.4. The topological polar surface area (TPSA) is 68.4 Å². The van der Waals surface area contributed by atoms with Crippen molar-refractivity contribution in [3.63, 3.8) is 0 Å². The molecule has 1 unspecified atom stereocenters. The summed E-state index contributed by atoms with van der Waals surface area (Å²) in [6, 6.07) is 21.7. The molecule has 0 saturated heterocycles. The molecule has 1 atom stereocenters. The Morgan fingerprint density at radius 2 is 1.94 bits per heavy atom. The van der Waals surface area contributed by atoms with Gasteiger partial charge >= 0.3 is 0 Å². The van der Waals surface area contributed by atoms with Gasteiger partial charge in [-0.05, 0) is 59.7 Å². The molecule has 4 aromatic rings. The zero-order valence-electron chi connectivity index (χ0n) is 19.4. The number of hydrogen-bond acceptors (Lipinski definition) is 3. The number of rotatable bonds is 8. The van der Waals surface area contributed by atoms with E-state index in [0.29, 0.717) is 12.1 Å². The summed E-state index contributed by atoms with van der Waals surface area (Å²) in [5.74, 6) is -0.734. The van der Waals surface area contributed by atoms with Crippen LogP contribution in [0.3, 0.4) is 0 Å². The van der Waals surface area contributed by atoms with Gasteiger partial charge in [-0.2, -0.15) is 0 Å². The highest BCUT2D eigenvalue weighted by Gasteiger charge is 2.28. The lowest BCUT2D eigenvalue weighted by molar-refractivity contribution is -0.124. The molecule has 1 aliphatic carbocycles. The summed E-state index contributed by atoms with van der Waals surface area (Å²) in [4.78, 5) is 17.1. The van der Waals surface area contributed by atoms with E-state index in [0.717, 1.165) is 36.9 Å². The van der Waals surface area contributed by atoms with Crippen LogP contribution in [0.2, 0.25) is 0 Å². The lowest BCUT2D eigenvalue weighted by Gasteiger charge is -2.30. The first-order valence-corrected chi connectivity index (χ1v) is 11.9. The lowest BCUT2D eigenvalue weighted by Crippen LogP contribution is -2.29. The van der Waals surface area contributed by atoms with E-state index in [1.165, 1.54) is 34.2 Å². The molecule has 5 nitrogen and oxygen atoms in total. The lowest BCUT2D eigenvalue weighted by atomic mass is 10.0. The average molecular weight is 470 g/mol. The van der Waals surface area contributed by atoms with Gasteiger partial charge in [-0.3, -0.25) is 14.9 Å². The molecule has 0 saturated carbocycles. The number of para-hydroxylation sites is 1. The van der Waals surface area contributed by atoms with Gasteiger partial charge in [-0.15, -0.1) is 0 Å². The monoisotopic (exact) mass is 469 g/mol. The molecule has 0 aliphatic heterocycles. The molecule has 178 valence electrons. The highest BCUT2D eigenvalue weighted by molar-refractivity contribution is 5.90. The fourth-order valence-electron chi connectivity index (χ4n) is 5.10. The molecule has 0 bridgehead atoms. The first-order chi connectivity index (χ1) is 17.1. The number of amides is 1. The van der Waals surface area contributed by atoms with E-state index in [2.05, 4.69) is 46.4 Å². The largest absolute Gasteiger partial charge is 0.361 e. The van der Waals surface area contributed by atoms with Crippen LogP contribution >= 0.6 is 0 Å². The number of carbonyl (C=O) groups is 1. The molecule has 0 fully saturated rings. The number of carbonyl (C=O) groups excluding carboxylic acids is 1. The molecule has 6 heteroatoms. The van der Waals surface area contributed by atoms with E-state index in [1.54, 1.807) is 17.6 Å². The Morgan fingerprint density at radius 3 is 2.80 bits per heavy atom. The number of aromatic nitrogens is 1. The van der Waals surface area contributed by atoms with E-state index in [-0.39, 0.29) is 11.9 Å². The maximum absolute atomic E-state index is 14.6. The average Bonchev–Trinajstić information content (AvgIpc) is 3.50. The normalized spacial score (nSPS) is 15.2. The van der Waals surface area contributed by atoms with Gasteiger partial charge < -0.3 is 4.98 Å². The van der Waals surface area contributed by atoms with Crippen molar-refractivity contribution in [1.29, 1.82) is 0 Å². The summed E-state index contributed by atoms with van der Waals surface area (Å²) in [6.07, 6.45) is 7.82. The highest BCUT2D eigenvalue weighted by atomic mass is 19.1. The van der Waals surface area contributed by atoms with E-state index in [1.807, 2.05) is 24.3 Å². The van der Waals surface area contributed by atoms with Crippen LogP contribution in [-0.2, 0) is 24.2 Å². The molecule has 1 aliphatic rings. The molecule has 5 rings (SSSR count). The van der Waals surface area contributed by atoms with Crippen LogP contribution in [0.1, 0.15) is 40.3 Å². The van der Waals surface area contributed by atoms with Gasteiger partial charge in [0, 0.05) is 47.9 Å². The predicted molar refractivity (Wildman–Crippen MR) is 135 cm³/mol. The summed E-state index contributed by atoms with van der Waals surface area (Å²) in [5, 5.41) is 9.93. The first kappa shape index (κ1) is 23.0. The number of benzene rings is 3. The molecule has 0 radical (unpaired) electrons. The summed E-state index contributed by atoms with van der Waals surface area (Å²) in [5.41, 5.74) is 8.11. The Kier molecular flexibility index (Phi) is 6.75. The third kappa shape index (κ3) is 5.04. The van der Waals surface area contributed by atoms with Crippen LogP contribution < -0.4 is 5.48 Å². The smallest absolute Gasteiger partial charge is 0.267 e. The molecule has 1 amide bonds. The van der Waals surface area contributed by atoms with Crippen LogP contribution in [0.4, 0.5) is 4.39 Å². The number of hydroxylamine groups is 1. The fraction of sp³-hybridized carbons (Fsp3) is 0.207. The van der Waals surface area contributed by atoms with Gasteiger partial charge in [0.05, 0.1) is 0 Å². The van der Waals surface area contributed by atoms with Crippen molar-refractivity contribution < 1.29 is 14.4 Å². The molecule has 3 aromatic carbocycles. The molecule has 1 aromatic heterocycles. The summed E-state index contributed by atoms with van der Waals surface area (Å²) in [6.45, 7) is 1.34. The van der Waals surface area contributed by atoms with Gasteiger partial charge in [-0.1, -0.05) is 54.6 Å². The number of halogens is 1. The maximum atomic E-state index is 14.6. The van der Waals surface area contributed by atoms with Gasteiger partial charge in [-0.25, -0.2) is 9.87 Å². The van der Waals surface area contributed by atoms with Crippen molar-refractivity contribution >= 4 is 22.9 Å². The van der Waals surface area contributed by atoms with E-state index in [4.69, 9.17) is 5.21 Å². The van der Waals surface area contributed by atoms with Crippen LogP contribution in [-0.4, -0.2) is 27.5 Å². The van der Waals surface area contributed by atoms with E-state index in [9.17, 15) is 9.18 Å². The second kappa shape index (κ2) is 10.3. The SMILES string of the molecule is O=C(/C=C/c1ccc2c(c1)CCC2N(CCc1c[nH]c2ccccc12)Cc1ccccc1F)NO. The number of aromatic amines is 1. The molecular formula is C29H28FN3O2. The fourth-order valence-corrected chi connectivity index (χ4v) is 5.10. The maximum Gasteiger partial charge on any atom is 0.267 e. The van der Waals surface area contributed by atoms with Crippen molar-refractivity contribution in [2.75, 3.05) is 6.54 Å². The first-order valence-electron chi connectivity index (χ1n) is 11.9. The van der Waals surface area contributed by atoms with Crippen LogP contribution in [0.5, 0.6) is 0 Å². The Balaban J connectivity index is 1.41. The van der Waals surface area contributed by atoms with Gasteiger partial charge in [0.15, 0.2) is 0 Å². The Morgan fingerprint density at radius 1 is 1.11 bits per heavy atom. The molecule has 1 heterocycles. The minimum Gasteiger partial charge on any atom is -0.361 e. The minimum atomic E-state index is -0.559. The molecule has 0 spiro atoms. The number of fused-ring (bicyclic) bond motifs is 2. The Hall–Kier alpha value is -3.74. The quantitative estimate of drug-likeness (QED) is 0.180. The van der Waals surface area contributed by atoms with Crippen molar-refractivity contribution in [2.24, 2.45) is 0 Å². The van der Waals surface area contributed by atoms with Crippen LogP contribution in [0.15, 0.2) is 79.0 Å². The third-order valence-corrected chi connectivity index (χ3v) is 6.87. The second-order valence-corrected chi connectivity index (χ2v) is 8.99. The number of aryl methyl sites for hydroxylation is 1. The third-order valence-electron chi connectivity index (χ3n) is 6.87. The van der Waals surface area contributed by atoms with Gasteiger partial charge in [0.2, 0.25) is 0 Å². The highest BCUT2D eigenvalue weighted by Crippen LogP contribution is 2.37. The van der Waals surface area contributed by atoms with Crippen LogP contribution in [0, 0.1) is 5.82 Å². The second-order valence-electron chi connectivity index (χ2n) is 8.99. The number of hydrogen-bond donors (Lipinski definition) is 3. The van der Waals surface area contributed by atoms with Crippen LogP contribution in [0.25, 0.3) is 17.0 Å². The van der Waals surface area contributed by atoms with Gasteiger partial charge in [0.1, 0.15) is 5.82 Å². The standard InChI is InChI=1S/C29H28FN3O2/c30-26-7-3-1-5-23(26)19-33(16-15-22-18-31-27-8-4-2-6-24(22)27)28-13-11-21-17-20(9-12-25(21)28)10-14-29(34)32-35/h1-10,12,14,17-18,28,31,35H,11,13,15-16,19H2,(H,32,34)/b14-10+. The molecule has 3 N–H and O–H groups in total. The number of H-pyrrole nitrogens is 1. The van der Waals surface area contributed by atoms with Crippen molar-refractivity contribution in [3.8, 4) is 0 Å². The predicted octanol–water partition coefficient (Wildman–Crippen LogP) is 5.56. The van der Waals surface area contributed by atoms with Crippen molar-refractivity contribution in [3.05, 3.63) is 113 Å². The number of nitrogens with one attached hydrogen (secondary N) is 2. The molecule has 35 heavy (non-hydrogen) atoms. The van der Waals surface area contributed by atoms with Crippen molar-refractivity contribution in [2.45, 2.75) is 31.8 Å². The Bertz CT molecular complexity index is 1380. The summed E-state index contributed by atoms with van der Waals surface area (Å²) < 4.78 is 14.6. The van der Waals surface area contributed by atoms with Gasteiger partial charge in [0.25, 0.3) is 5.91 Å². The minimum absolute atomic E-state index is 0.176. The number of nitrogens with zero attached hydrogens (tertiary/aromatic N) is 1. The van der Waals surface area contributed by atoms with E-state index < -0.39 is 5.91 Å². The van der Waals surface area contributed by atoms with Crippen molar-refractivity contribution in [1.82, 2.24) is 15.4 Å². The zero-order chi connectivity index (χ0) is 24.2. The summed E-state index contributed by atoms with van der Waals surface area (Å²) in [7, 11) is 0. The summed E-state index contributed by atoms with van der Waals surface area (Å²) >= 11 is 0.